The van der Waals surface area contributed by atoms with Crippen molar-refractivity contribution in [3.8, 4) is 5.69 Å². The lowest BCUT2D eigenvalue weighted by Crippen LogP contribution is -2.44. The summed E-state index contributed by atoms with van der Waals surface area (Å²) in [4.78, 5) is 15.7. The Hall–Kier alpha value is -2.61. The van der Waals surface area contributed by atoms with Crippen LogP contribution in [0.25, 0.3) is 5.69 Å². The molecule has 8 nitrogen and oxygen atoms in total. The molecule has 1 aliphatic heterocycles. The maximum Gasteiger partial charge on any atom is 0.407 e. The van der Waals surface area contributed by atoms with Crippen molar-refractivity contribution in [2.24, 2.45) is 10.7 Å². The number of nitrogens with one attached hydrogen (secondary N) is 1. The average molecular weight is 361 g/mol. The quantitative estimate of drug-likeness (QED) is 0.872. The van der Waals surface area contributed by atoms with E-state index in [1.54, 1.807) is 10.9 Å². The Balaban J connectivity index is 1.63. The van der Waals surface area contributed by atoms with Gasteiger partial charge in [-0.1, -0.05) is 23.2 Å². The monoisotopic (exact) mass is 360 g/mol. The molecule has 1 amide bonds. The van der Waals surface area contributed by atoms with Crippen LogP contribution in [0.1, 0.15) is 30.5 Å². The third-order valence-electron chi connectivity index (χ3n) is 4.86. The van der Waals surface area contributed by atoms with Gasteiger partial charge in [0.15, 0.2) is 0 Å². The first-order chi connectivity index (χ1) is 12.0. The number of fused-ring (bicyclic) bond motifs is 2. The van der Waals surface area contributed by atoms with Crippen molar-refractivity contribution in [2.45, 2.75) is 31.3 Å². The summed E-state index contributed by atoms with van der Waals surface area (Å²) in [6, 6.07) is 3.80. The number of hydrogen-bond acceptors (Lipinski definition) is 6. The second kappa shape index (κ2) is 5.73. The molecule has 1 aromatic carbocycles. The molecule has 1 aromatic heterocycles. The number of aliphatic imine (C=N–C) groups is 1. The van der Waals surface area contributed by atoms with Gasteiger partial charge < -0.3 is 15.8 Å². The molecule has 1 aliphatic carbocycles. The molecule has 2 aliphatic rings. The number of ether oxygens (including phenoxy) is 1. The van der Waals surface area contributed by atoms with Crippen LogP contribution in [0.15, 0.2) is 23.3 Å². The fraction of sp³-hybridized carbons (Fsp3) is 0.375. The van der Waals surface area contributed by atoms with Gasteiger partial charge in [0, 0.05) is 7.05 Å². The summed E-state index contributed by atoms with van der Waals surface area (Å²) in [6.07, 6.45) is 4.30. The number of carbonyl (C=O) groups excluding carboxylic acids is 1. The van der Waals surface area contributed by atoms with Crippen molar-refractivity contribution in [1.29, 1.82) is 0 Å². The van der Waals surface area contributed by atoms with Crippen LogP contribution in [-0.4, -0.2) is 34.0 Å². The summed E-state index contributed by atoms with van der Waals surface area (Å²) in [5, 5.41) is 11.0. The van der Waals surface area contributed by atoms with E-state index >= 15 is 0 Å². The van der Waals surface area contributed by atoms with Crippen molar-refractivity contribution in [2.75, 3.05) is 7.05 Å². The Kier molecular flexibility index (Phi) is 3.64. The molecular formula is C16H17ClN6O2. The maximum atomic E-state index is 11.1. The number of carbonyl (C=O) groups is 1. The van der Waals surface area contributed by atoms with Gasteiger partial charge in [-0.2, -0.15) is 0 Å². The van der Waals surface area contributed by atoms with Crippen molar-refractivity contribution in [3.05, 3.63) is 34.6 Å². The topological polar surface area (TPSA) is 107 Å². The molecule has 1 spiro atoms. The van der Waals surface area contributed by atoms with E-state index in [0.717, 1.165) is 30.5 Å². The molecule has 0 atom stereocenters. The van der Waals surface area contributed by atoms with Crippen molar-refractivity contribution >= 4 is 29.2 Å². The van der Waals surface area contributed by atoms with E-state index < -0.39 is 6.09 Å². The summed E-state index contributed by atoms with van der Waals surface area (Å²) in [6.45, 7) is 0.0243. The maximum absolute atomic E-state index is 11.1. The lowest BCUT2D eigenvalue weighted by molar-refractivity contribution is 0.140. The van der Waals surface area contributed by atoms with E-state index in [9.17, 15) is 4.79 Å². The van der Waals surface area contributed by atoms with Gasteiger partial charge in [0.2, 0.25) is 0 Å². The summed E-state index contributed by atoms with van der Waals surface area (Å²) in [5.74, 6) is 0.667. The number of amides is 1. The molecule has 0 saturated heterocycles. The third kappa shape index (κ3) is 2.44. The molecule has 1 saturated carbocycles. The van der Waals surface area contributed by atoms with E-state index in [1.807, 2.05) is 12.1 Å². The number of benzene rings is 1. The van der Waals surface area contributed by atoms with Gasteiger partial charge >= 0.3 is 6.09 Å². The first-order valence-electron chi connectivity index (χ1n) is 7.98. The number of nitrogens with two attached hydrogens (primary N) is 1. The number of rotatable bonds is 3. The van der Waals surface area contributed by atoms with E-state index in [4.69, 9.17) is 22.1 Å². The smallest absolute Gasteiger partial charge is 0.407 e. The number of halogens is 1. The predicted octanol–water partition coefficient (Wildman–Crippen LogP) is 2.20. The fourth-order valence-electron chi connectivity index (χ4n) is 3.33. The van der Waals surface area contributed by atoms with Gasteiger partial charge in [-0.25, -0.2) is 14.5 Å². The Morgan fingerprint density at radius 2 is 2.28 bits per heavy atom. The van der Waals surface area contributed by atoms with Gasteiger partial charge in [0.1, 0.15) is 18.1 Å². The van der Waals surface area contributed by atoms with Crippen LogP contribution in [0.2, 0.25) is 5.02 Å². The summed E-state index contributed by atoms with van der Waals surface area (Å²) >= 11 is 6.48. The van der Waals surface area contributed by atoms with Crippen LogP contribution in [0, 0.1) is 0 Å². The van der Waals surface area contributed by atoms with E-state index in [1.165, 1.54) is 7.05 Å². The molecule has 0 radical (unpaired) electrons. The van der Waals surface area contributed by atoms with Crippen LogP contribution < -0.4 is 11.1 Å². The highest BCUT2D eigenvalue weighted by atomic mass is 35.5. The van der Waals surface area contributed by atoms with Crippen LogP contribution in [0.3, 0.4) is 0 Å². The first kappa shape index (κ1) is 15.9. The van der Waals surface area contributed by atoms with Gasteiger partial charge in [0.05, 0.1) is 28.0 Å². The lowest BCUT2D eigenvalue weighted by atomic mass is 9.64. The van der Waals surface area contributed by atoms with Crippen LogP contribution in [0.5, 0.6) is 0 Å². The molecule has 0 unspecified atom stereocenters. The van der Waals surface area contributed by atoms with Gasteiger partial charge in [-0.15, -0.1) is 5.10 Å². The molecule has 2 heterocycles. The minimum atomic E-state index is -0.527. The minimum Gasteiger partial charge on any atom is -0.443 e. The summed E-state index contributed by atoms with van der Waals surface area (Å²) < 4.78 is 6.50. The Bertz CT molecular complexity index is 887. The highest BCUT2D eigenvalue weighted by Gasteiger charge is 2.47. The molecule has 130 valence electrons. The number of nitrogens with zero attached hydrogens (tertiary/aromatic N) is 4. The predicted molar refractivity (Wildman–Crippen MR) is 92.4 cm³/mol. The molecule has 3 N–H and O–H groups in total. The molecule has 1 fully saturated rings. The average Bonchev–Trinajstić information content (AvgIpc) is 3.12. The van der Waals surface area contributed by atoms with Crippen LogP contribution in [0.4, 0.5) is 10.5 Å². The zero-order valence-corrected chi connectivity index (χ0v) is 14.4. The molecule has 0 bridgehead atoms. The van der Waals surface area contributed by atoms with Gasteiger partial charge in [0.25, 0.3) is 0 Å². The molecular weight excluding hydrogens is 344 g/mol. The SMILES string of the molecule is CNC(=O)OCc1cn(-c2cc3c(cc2Cl)C2(CCC2)C(N)=N3)nn1. The third-order valence-corrected chi connectivity index (χ3v) is 5.16. The first-order valence-corrected chi connectivity index (χ1v) is 8.36. The summed E-state index contributed by atoms with van der Waals surface area (Å²) in [7, 11) is 1.49. The molecule has 25 heavy (non-hydrogen) atoms. The zero-order chi connectivity index (χ0) is 17.6. The molecule has 9 heteroatoms. The number of hydrogen-bond donors (Lipinski definition) is 2. The number of amidine groups is 1. The van der Waals surface area contributed by atoms with Crippen LogP contribution in [-0.2, 0) is 16.8 Å². The minimum absolute atomic E-state index is 0.0243. The molecule has 4 rings (SSSR count). The molecule has 2 aromatic rings. The van der Waals surface area contributed by atoms with E-state index in [0.29, 0.717) is 22.2 Å². The fourth-order valence-corrected chi connectivity index (χ4v) is 3.58. The van der Waals surface area contributed by atoms with Gasteiger partial charge in [-0.3, -0.25) is 0 Å². The van der Waals surface area contributed by atoms with Crippen molar-refractivity contribution < 1.29 is 9.53 Å². The van der Waals surface area contributed by atoms with E-state index in [-0.39, 0.29) is 12.0 Å². The second-order valence-corrected chi connectivity index (χ2v) is 6.64. The standard InChI is InChI=1S/C16H17ClN6O2/c1-19-15(24)25-8-9-7-23(22-21-9)13-6-12-10(5-11(13)17)16(3-2-4-16)14(18)20-12/h5-7H,2-4,8H2,1H3,(H2,18,20)(H,19,24). The second-order valence-electron chi connectivity index (χ2n) is 6.23. The Morgan fingerprint density at radius 3 is 2.96 bits per heavy atom. The van der Waals surface area contributed by atoms with Crippen molar-refractivity contribution in [1.82, 2.24) is 20.3 Å². The van der Waals surface area contributed by atoms with E-state index in [2.05, 4.69) is 20.6 Å². The highest BCUT2D eigenvalue weighted by Crippen LogP contribution is 2.52. The largest absolute Gasteiger partial charge is 0.443 e. The number of aromatic nitrogens is 3. The summed E-state index contributed by atoms with van der Waals surface area (Å²) in [5.41, 5.74) is 9.13. The van der Waals surface area contributed by atoms with Crippen molar-refractivity contribution in [3.63, 3.8) is 0 Å². The zero-order valence-electron chi connectivity index (χ0n) is 13.6. The Morgan fingerprint density at radius 1 is 1.48 bits per heavy atom. The van der Waals surface area contributed by atoms with Crippen LogP contribution >= 0.6 is 11.6 Å². The highest BCUT2D eigenvalue weighted by molar-refractivity contribution is 6.32. The van der Waals surface area contributed by atoms with Gasteiger partial charge in [-0.05, 0) is 30.5 Å². The lowest BCUT2D eigenvalue weighted by Gasteiger charge is -2.38. The normalized spacial score (nSPS) is 17.0. The number of alkyl carbamates (subject to hydrolysis) is 1. The Labute approximate surface area is 149 Å².